The Kier molecular flexibility index (Phi) is 4.66. The van der Waals surface area contributed by atoms with Gasteiger partial charge in [0.25, 0.3) is 0 Å². The third-order valence-electron chi connectivity index (χ3n) is 3.10. The summed E-state index contributed by atoms with van der Waals surface area (Å²) in [7, 11) is -3.15. The normalized spacial score (nSPS) is 18.6. The van der Waals surface area contributed by atoms with Crippen LogP contribution in [0.4, 0.5) is 5.69 Å². The molecule has 0 aliphatic carbocycles. The van der Waals surface area contributed by atoms with Gasteiger partial charge in [-0.15, -0.1) is 0 Å². The van der Waals surface area contributed by atoms with Crippen molar-refractivity contribution in [1.82, 2.24) is 4.31 Å². The highest BCUT2D eigenvalue weighted by atomic mass is 32.2. The van der Waals surface area contributed by atoms with E-state index >= 15 is 0 Å². The van der Waals surface area contributed by atoms with Gasteiger partial charge in [-0.05, 0) is 25.0 Å². The van der Waals surface area contributed by atoms with Crippen LogP contribution in [-0.2, 0) is 10.0 Å². The molecule has 2 rings (SSSR count). The van der Waals surface area contributed by atoms with Gasteiger partial charge in [0.05, 0.1) is 11.9 Å². The van der Waals surface area contributed by atoms with E-state index in [0.29, 0.717) is 19.7 Å². The van der Waals surface area contributed by atoms with Crippen molar-refractivity contribution in [1.29, 1.82) is 0 Å². The molecule has 5 nitrogen and oxygen atoms in total. The number of sulfonamides is 1. The second-order valence-electron chi connectivity index (χ2n) is 4.64. The molecule has 0 spiro atoms. The standard InChI is InChI=1S/C13H20N2O3S/c1-19(16,17)15-9-5-4-8-14-12-6-2-3-7-13(12)18-11-10-15/h2-3,6-7,14H,4-5,8-11H2,1H3. The molecule has 0 saturated carbocycles. The maximum atomic E-state index is 11.6. The van der Waals surface area contributed by atoms with Gasteiger partial charge in [0.1, 0.15) is 12.4 Å². The predicted molar refractivity (Wildman–Crippen MR) is 76.1 cm³/mol. The molecule has 0 aromatic heterocycles. The molecule has 1 aromatic carbocycles. The molecule has 1 heterocycles. The number of fused-ring (bicyclic) bond motifs is 1. The van der Waals surface area contributed by atoms with Crippen molar-refractivity contribution in [2.24, 2.45) is 0 Å². The quantitative estimate of drug-likeness (QED) is 0.849. The number of rotatable bonds is 1. The van der Waals surface area contributed by atoms with Gasteiger partial charge in [-0.3, -0.25) is 0 Å². The molecule has 0 radical (unpaired) electrons. The molecule has 0 unspecified atom stereocenters. The first kappa shape index (κ1) is 14.1. The first-order valence-corrected chi connectivity index (χ1v) is 8.33. The van der Waals surface area contributed by atoms with E-state index < -0.39 is 10.0 Å². The smallest absolute Gasteiger partial charge is 0.211 e. The number of ether oxygens (including phenoxy) is 1. The third kappa shape index (κ3) is 4.11. The highest BCUT2D eigenvalue weighted by Crippen LogP contribution is 2.24. The van der Waals surface area contributed by atoms with E-state index in [2.05, 4.69) is 5.32 Å². The molecule has 0 amide bonds. The van der Waals surface area contributed by atoms with Crippen molar-refractivity contribution < 1.29 is 13.2 Å². The van der Waals surface area contributed by atoms with Crippen molar-refractivity contribution >= 4 is 15.7 Å². The summed E-state index contributed by atoms with van der Waals surface area (Å²) in [5.41, 5.74) is 0.968. The topological polar surface area (TPSA) is 58.6 Å². The van der Waals surface area contributed by atoms with E-state index in [0.717, 1.165) is 30.8 Å². The van der Waals surface area contributed by atoms with Crippen LogP contribution in [0.3, 0.4) is 0 Å². The van der Waals surface area contributed by atoms with Crippen LogP contribution in [-0.4, -0.2) is 45.2 Å². The van der Waals surface area contributed by atoms with Crippen LogP contribution in [0, 0.1) is 0 Å². The zero-order chi connectivity index (χ0) is 13.7. The van der Waals surface area contributed by atoms with E-state index in [1.165, 1.54) is 10.6 Å². The number of anilines is 1. The molecule has 19 heavy (non-hydrogen) atoms. The van der Waals surface area contributed by atoms with Crippen molar-refractivity contribution in [2.45, 2.75) is 12.8 Å². The second kappa shape index (κ2) is 6.25. The molecule has 1 aromatic rings. The largest absolute Gasteiger partial charge is 0.490 e. The first-order valence-electron chi connectivity index (χ1n) is 6.48. The fourth-order valence-electron chi connectivity index (χ4n) is 2.08. The lowest BCUT2D eigenvalue weighted by Gasteiger charge is -2.19. The summed E-state index contributed by atoms with van der Waals surface area (Å²) >= 11 is 0. The molecule has 1 N–H and O–H groups in total. The average molecular weight is 284 g/mol. The molecule has 1 aliphatic rings. The number of hydrogen-bond donors (Lipinski definition) is 1. The SMILES string of the molecule is CS(=O)(=O)N1CCCCNc2ccccc2OCC1. The van der Waals surface area contributed by atoms with Crippen LogP contribution in [0.15, 0.2) is 24.3 Å². The Labute approximate surface area is 114 Å². The summed E-state index contributed by atoms with van der Waals surface area (Å²) < 4.78 is 30.4. The first-order chi connectivity index (χ1) is 9.07. The minimum atomic E-state index is -3.15. The molecule has 0 fully saturated rings. The maximum absolute atomic E-state index is 11.6. The van der Waals surface area contributed by atoms with Crippen molar-refractivity contribution in [3.63, 3.8) is 0 Å². The Bertz CT molecular complexity index is 516. The van der Waals surface area contributed by atoms with Crippen LogP contribution in [0.25, 0.3) is 0 Å². The molecular formula is C13H20N2O3S. The molecule has 0 atom stereocenters. The number of nitrogens with one attached hydrogen (secondary N) is 1. The third-order valence-corrected chi connectivity index (χ3v) is 4.41. The summed E-state index contributed by atoms with van der Waals surface area (Å²) in [4.78, 5) is 0. The van der Waals surface area contributed by atoms with Gasteiger partial charge in [-0.25, -0.2) is 8.42 Å². The number of para-hydroxylation sites is 2. The maximum Gasteiger partial charge on any atom is 0.211 e. The van der Waals surface area contributed by atoms with Gasteiger partial charge in [0.15, 0.2) is 0 Å². The minimum absolute atomic E-state index is 0.367. The van der Waals surface area contributed by atoms with Gasteiger partial charge in [-0.2, -0.15) is 4.31 Å². The van der Waals surface area contributed by atoms with Gasteiger partial charge in [0, 0.05) is 19.6 Å². The summed E-state index contributed by atoms with van der Waals surface area (Å²) in [6, 6.07) is 7.73. The fourth-order valence-corrected chi connectivity index (χ4v) is 2.94. The zero-order valence-electron chi connectivity index (χ0n) is 11.1. The van der Waals surface area contributed by atoms with E-state index in [4.69, 9.17) is 4.74 Å². The van der Waals surface area contributed by atoms with E-state index in [-0.39, 0.29) is 0 Å². The summed E-state index contributed by atoms with van der Waals surface area (Å²) in [5, 5.41) is 3.32. The molecule has 106 valence electrons. The van der Waals surface area contributed by atoms with Gasteiger partial charge in [-0.1, -0.05) is 12.1 Å². The van der Waals surface area contributed by atoms with Crippen LogP contribution in [0.5, 0.6) is 5.75 Å². The van der Waals surface area contributed by atoms with E-state index in [9.17, 15) is 8.42 Å². The Morgan fingerprint density at radius 3 is 2.79 bits per heavy atom. The number of nitrogens with zero attached hydrogens (tertiary/aromatic N) is 1. The van der Waals surface area contributed by atoms with Gasteiger partial charge >= 0.3 is 0 Å². The Hall–Kier alpha value is -1.27. The minimum Gasteiger partial charge on any atom is -0.490 e. The fraction of sp³-hybridized carbons (Fsp3) is 0.538. The van der Waals surface area contributed by atoms with Crippen LogP contribution >= 0.6 is 0 Å². The Morgan fingerprint density at radius 2 is 2.00 bits per heavy atom. The van der Waals surface area contributed by atoms with Crippen molar-refractivity contribution in [3.8, 4) is 5.75 Å². The second-order valence-corrected chi connectivity index (χ2v) is 6.62. The van der Waals surface area contributed by atoms with E-state index in [1.807, 2.05) is 24.3 Å². The lowest BCUT2D eigenvalue weighted by molar-refractivity contribution is 0.274. The lowest BCUT2D eigenvalue weighted by atomic mass is 10.2. The Balaban J connectivity index is 2.10. The van der Waals surface area contributed by atoms with Crippen molar-refractivity contribution in [2.75, 3.05) is 37.8 Å². The molecule has 1 aliphatic heterocycles. The van der Waals surface area contributed by atoms with Crippen LogP contribution in [0.2, 0.25) is 0 Å². The van der Waals surface area contributed by atoms with Gasteiger partial charge < -0.3 is 10.1 Å². The summed E-state index contributed by atoms with van der Waals surface area (Å²) in [5.74, 6) is 0.776. The lowest BCUT2D eigenvalue weighted by Crippen LogP contribution is -2.34. The number of hydrogen-bond acceptors (Lipinski definition) is 4. The Morgan fingerprint density at radius 1 is 1.21 bits per heavy atom. The highest BCUT2D eigenvalue weighted by molar-refractivity contribution is 7.88. The summed E-state index contributed by atoms with van der Waals surface area (Å²) in [6.07, 6.45) is 3.03. The predicted octanol–water partition coefficient (Wildman–Crippen LogP) is 1.53. The van der Waals surface area contributed by atoms with Crippen LogP contribution < -0.4 is 10.1 Å². The average Bonchev–Trinajstić information content (AvgIpc) is 2.40. The van der Waals surface area contributed by atoms with Gasteiger partial charge in [0.2, 0.25) is 10.0 Å². The molecule has 6 heteroatoms. The molecule has 0 bridgehead atoms. The zero-order valence-corrected chi connectivity index (χ0v) is 11.9. The van der Waals surface area contributed by atoms with E-state index in [1.54, 1.807) is 0 Å². The van der Waals surface area contributed by atoms with Crippen LogP contribution in [0.1, 0.15) is 12.8 Å². The monoisotopic (exact) mass is 284 g/mol. The molecular weight excluding hydrogens is 264 g/mol. The van der Waals surface area contributed by atoms with Crippen molar-refractivity contribution in [3.05, 3.63) is 24.3 Å². The summed E-state index contributed by atoms with van der Waals surface area (Å²) in [6.45, 7) is 2.14. The number of benzene rings is 1. The highest BCUT2D eigenvalue weighted by Gasteiger charge is 2.16. The molecule has 0 saturated heterocycles.